The van der Waals surface area contributed by atoms with Crippen molar-refractivity contribution in [3.8, 4) is 0 Å². The number of hydrogen-bond acceptors (Lipinski definition) is 2. The molecule has 0 aliphatic carbocycles. The van der Waals surface area contributed by atoms with E-state index in [1.54, 1.807) is 0 Å². The zero-order chi connectivity index (χ0) is 24.4. The Morgan fingerprint density at radius 3 is 0.800 bits per heavy atom. The van der Waals surface area contributed by atoms with Crippen molar-refractivity contribution in [2.45, 2.75) is 168 Å². The van der Waals surface area contributed by atoms with Gasteiger partial charge in [0.05, 0.1) is 0 Å². The van der Waals surface area contributed by atoms with E-state index in [-0.39, 0.29) is 32.4 Å². The number of rotatable bonds is 9. The normalized spacial score (nSPS) is 15.4. The molecule has 0 saturated carbocycles. The van der Waals surface area contributed by atoms with Crippen molar-refractivity contribution >= 4 is 16.6 Å². The maximum Gasteiger partial charge on any atom is 0.203 e. The zero-order valence-corrected chi connectivity index (χ0v) is 25.8. The van der Waals surface area contributed by atoms with E-state index in [1.165, 1.54) is 24.9 Å². The predicted octanol–water partition coefficient (Wildman–Crippen LogP) is 9.71. The van der Waals surface area contributed by atoms with Crippen LogP contribution in [-0.4, -0.2) is 28.8 Å². The van der Waals surface area contributed by atoms with E-state index >= 15 is 0 Å². The monoisotopic (exact) mass is 458 g/mol. The van der Waals surface area contributed by atoms with Gasteiger partial charge in [-0.15, -0.1) is 0 Å². The number of hydrogen-bond donors (Lipinski definition) is 0. The van der Waals surface area contributed by atoms with Gasteiger partial charge in [-0.25, -0.2) is 0 Å². The summed E-state index contributed by atoms with van der Waals surface area (Å²) in [5.74, 6) is 0. The standard InChI is InChI=1S/C26H58O2Si2/c1-21(2)27-29(23(5,6)7,24(8,9)10)19-17-18-20-30(25(11,12)13,26(14,15)16)28-22(3)4/h21-22H,17-20H2,1-16H3. The molecule has 0 saturated heterocycles. The largest absolute Gasteiger partial charge is 0.413 e. The molecule has 30 heavy (non-hydrogen) atoms. The van der Waals surface area contributed by atoms with E-state index in [9.17, 15) is 0 Å². The SMILES string of the molecule is CC(C)O[Si](CCCC[Si](OC(C)C)(C(C)(C)C)C(C)(C)C)(C(C)(C)C)C(C)(C)C. The molecule has 0 aromatic heterocycles. The van der Waals surface area contributed by atoms with Crippen LogP contribution < -0.4 is 0 Å². The van der Waals surface area contributed by atoms with Crippen LogP contribution in [0.1, 0.15) is 124 Å². The Labute approximate surface area is 193 Å². The van der Waals surface area contributed by atoms with Gasteiger partial charge in [0.2, 0.25) is 16.6 Å². The van der Waals surface area contributed by atoms with Crippen LogP contribution in [0, 0.1) is 0 Å². The quantitative estimate of drug-likeness (QED) is 0.253. The summed E-state index contributed by atoms with van der Waals surface area (Å²) in [7, 11) is -4.01. The first kappa shape index (κ1) is 30.4. The van der Waals surface area contributed by atoms with Gasteiger partial charge < -0.3 is 8.85 Å². The van der Waals surface area contributed by atoms with Crippen molar-refractivity contribution in [1.82, 2.24) is 0 Å². The third kappa shape index (κ3) is 6.92. The van der Waals surface area contributed by atoms with Crippen molar-refractivity contribution in [2.24, 2.45) is 0 Å². The fraction of sp³-hybridized carbons (Fsp3) is 1.00. The molecule has 182 valence electrons. The smallest absolute Gasteiger partial charge is 0.203 e. The lowest BCUT2D eigenvalue weighted by atomic mass is 10.2. The lowest BCUT2D eigenvalue weighted by molar-refractivity contribution is 0.190. The van der Waals surface area contributed by atoms with E-state index in [2.05, 4.69) is 111 Å². The Morgan fingerprint density at radius 1 is 0.467 bits per heavy atom. The highest BCUT2D eigenvalue weighted by molar-refractivity contribution is 6.80. The van der Waals surface area contributed by atoms with Crippen molar-refractivity contribution < 1.29 is 8.85 Å². The highest BCUT2D eigenvalue weighted by Crippen LogP contribution is 2.57. The van der Waals surface area contributed by atoms with Gasteiger partial charge >= 0.3 is 0 Å². The van der Waals surface area contributed by atoms with Gasteiger partial charge in [0, 0.05) is 12.2 Å². The molecule has 0 atom stereocenters. The lowest BCUT2D eigenvalue weighted by Crippen LogP contribution is -2.56. The molecular formula is C26H58O2Si2. The fourth-order valence-corrected chi connectivity index (χ4v) is 18.4. The second kappa shape index (κ2) is 10.1. The molecule has 2 nitrogen and oxygen atoms in total. The average molecular weight is 459 g/mol. The second-order valence-electron chi connectivity index (χ2n) is 14.2. The third-order valence-electron chi connectivity index (χ3n) is 7.03. The Kier molecular flexibility index (Phi) is 10.2. The van der Waals surface area contributed by atoms with Gasteiger partial charge in [0.15, 0.2) is 0 Å². The van der Waals surface area contributed by atoms with E-state index in [0.717, 1.165) is 0 Å². The molecule has 0 aromatic rings. The Bertz CT molecular complexity index is 435. The molecule has 0 unspecified atom stereocenters. The maximum atomic E-state index is 6.92. The molecule has 0 aliphatic rings. The van der Waals surface area contributed by atoms with Crippen LogP contribution in [0.3, 0.4) is 0 Å². The zero-order valence-electron chi connectivity index (χ0n) is 23.8. The Balaban J connectivity index is 5.81. The van der Waals surface area contributed by atoms with E-state index in [1.807, 2.05) is 0 Å². The molecule has 0 aromatic carbocycles. The van der Waals surface area contributed by atoms with Crippen molar-refractivity contribution in [1.29, 1.82) is 0 Å². The lowest BCUT2D eigenvalue weighted by Gasteiger charge is -2.53. The van der Waals surface area contributed by atoms with E-state index < -0.39 is 16.6 Å². The van der Waals surface area contributed by atoms with E-state index in [4.69, 9.17) is 8.85 Å². The van der Waals surface area contributed by atoms with Crippen LogP contribution in [-0.2, 0) is 8.85 Å². The average Bonchev–Trinajstić information content (AvgIpc) is 2.43. The molecule has 0 amide bonds. The molecule has 0 fully saturated rings. The first-order valence-corrected chi connectivity index (χ1v) is 16.6. The predicted molar refractivity (Wildman–Crippen MR) is 142 cm³/mol. The maximum absolute atomic E-state index is 6.92. The summed E-state index contributed by atoms with van der Waals surface area (Å²) in [5, 5.41) is 0.859. The van der Waals surface area contributed by atoms with Crippen LogP contribution in [0.15, 0.2) is 0 Å². The summed E-state index contributed by atoms with van der Waals surface area (Å²) in [6.07, 6.45) is 3.07. The highest BCUT2D eigenvalue weighted by Gasteiger charge is 2.57. The van der Waals surface area contributed by atoms with Gasteiger partial charge in [-0.3, -0.25) is 0 Å². The molecule has 0 heterocycles. The number of unbranched alkanes of at least 4 members (excludes halogenated alkanes) is 1. The first-order chi connectivity index (χ1) is 13.0. The van der Waals surface area contributed by atoms with Gasteiger partial charge in [0.1, 0.15) is 0 Å². The highest BCUT2D eigenvalue weighted by atomic mass is 28.4. The van der Waals surface area contributed by atoms with Crippen molar-refractivity contribution in [2.75, 3.05) is 0 Å². The molecule has 0 bridgehead atoms. The van der Waals surface area contributed by atoms with Crippen LogP contribution >= 0.6 is 0 Å². The van der Waals surface area contributed by atoms with Gasteiger partial charge in [-0.1, -0.05) is 95.9 Å². The second-order valence-corrected chi connectivity index (χ2v) is 25.0. The molecule has 0 rings (SSSR count). The van der Waals surface area contributed by atoms with Crippen LogP contribution in [0.5, 0.6) is 0 Å². The summed E-state index contributed by atoms with van der Waals surface area (Å²) in [6, 6.07) is 2.47. The summed E-state index contributed by atoms with van der Waals surface area (Å²) >= 11 is 0. The van der Waals surface area contributed by atoms with Crippen molar-refractivity contribution in [3.63, 3.8) is 0 Å². The Morgan fingerprint density at radius 2 is 0.667 bits per heavy atom. The molecular weight excluding hydrogens is 400 g/mol. The van der Waals surface area contributed by atoms with Crippen LogP contribution in [0.2, 0.25) is 32.2 Å². The molecule has 0 aliphatic heterocycles. The van der Waals surface area contributed by atoms with Gasteiger partial charge in [0.25, 0.3) is 0 Å². The third-order valence-corrected chi connectivity index (χ3v) is 20.6. The molecule has 0 radical (unpaired) electrons. The fourth-order valence-electron chi connectivity index (χ4n) is 6.13. The van der Waals surface area contributed by atoms with Crippen LogP contribution in [0.25, 0.3) is 0 Å². The molecule has 0 N–H and O–H groups in total. The minimum absolute atomic E-state index is 0.215. The first-order valence-electron chi connectivity index (χ1n) is 12.4. The van der Waals surface area contributed by atoms with Crippen molar-refractivity contribution in [3.05, 3.63) is 0 Å². The summed E-state index contributed by atoms with van der Waals surface area (Å²) in [6.45, 7) is 37.8. The topological polar surface area (TPSA) is 18.5 Å². The Hall–Kier alpha value is 0.354. The summed E-state index contributed by atoms with van der Waals surface area (Å²) in [4.78, 5) is 0. The minimum atomic E-state index is -2.01. The molecule has 4 heteroatoms. The summed E-state index contributed by atoms with van der Waals surface area (Å²) < 4.78 is 13.8. The summed E-state index contributed by atoms with van der Waals surface area (Å²) in [5.41, 5.74) is 0. The van der Waals surface area contributed by atoms with Gasteiger partial charge in [-0.2, -0.15) is 0 Å². The van der Waals surface area contributed by atoms with E-state index in [0.29, 0.717) is 0 Å². The van der Waals surface area contributed by atoms with Crippen LogP contribution in [0.4, 0.5) is 0 Å². The minimum Gasteiger partial charge on any atom is -0.413 e. The van der Waals surface area contributed by atoms with Gasteiger partial charge in [-0.05, 0) is 59.9 Å². The molecule has 0 spiro atoms.